The van der Waals surface area contributed by atoms with Gasteiger partial charge in [0.05, 0.1) is 20.9 Å². The Morgan fingerprint density at radius 1 is 1.27 bits per heavy atom. The molecule has 0 saturated carbocycles. The second kappa shape index (κ2) is 7.06. The zero-order chi connectivity index (χ0) is 21.1. The molecule has 1 saturated heterocycles. The van der Waals surface area contributed by atoms with Gasteiger partial charge in [-0.25, -0.2) is 13.4 Å². The van der Waals surface area contributed by atoms with Crippen LogP contribution >= 0.6 is 0 Å². The minimum atomic E-state index is -3.45. The first-order valence-corrected chi connectivity index (χ1v) is 12.6. The lowest BCUT2D eigenvalue weighted by atomic mass is 9.66. The van der Waals surface area contributed by atoms with Gasteiger partial charge in [-0.3, -0.25) is 0 Å². The van der Waals surface area contributed by atoms with Gasteiger partial charge >= 0.3 is 0 Å². The van der Waals surface area contributed by atoms with Gasteiger partial charge in [0.2, 0.25) is 0 Å². The van der Waals surface area contributed by atoms with Crippen LogP contribution in [-0.4, -0.2) is 36.3 Å². The normalized spacial score (nSPS) is 29.9. The number of imidazole rings is 1. The largest absolute Gasteiger partial charge is 0.328 e. The summed E-state index contributed by atoms with van der Waals surface area (Å²) in [4.78, 5) is 5.42. The lowest BCUT2D eigenvalue weighted by Crippen LogP contribution is -2.53. The lowest BCUT2D eigenvalue weighted by molar-refractivity contribution is 0.108. The molecule has 30 heavy (non-hydrogen) atoms. The molecule has 0 spiro atoms. The summed E-state index contributed by atoms with van der Waals surface area (Å²) in [5, 5.41) is 4.95. The van der Waals surface area contributed by atoms with Crippen LogP contribution in [0.25, 0.3) is 12.2 Å². The van der Waals surface area contributed by atoms with E-state index in [1.54, 1.807) is 12.2 Å². The van der Waals surface area contributed by atoms with E-state index in [0.717, 1.165) is 48.2 Å². The van der Waals surface area contributed by atoms with Gasteiger partial charge in [-0.2, -0.15) is 0 Å². The molecule has 2 aliphatic carbocycles. The van der Waals surface area contributed by atoms with Crippen molar-refractivity contribution in [1.82, 2.24) is 14.9 Å². The van der Waals surface area contributed by atoms with Gasteiger partial charge in [-0.05, 0) is 69.3 Å². The van der Waals surface area contributed by atoms with E-state index >= 15 is 0 Å². The van der Waals surface area contributed by atoms with Crippen molar-refractivity contribution in [2.75, 3.05) is 13.1 Å². The standard InChI is InChI=1S/C24H31N3O2S/c1-16-6-4-5-7-18(12-16)30(28,29)19-8-9-22-21(13-19)26-23-24(2,3)20-14-25-11-10-17(20)15-27(22)23/h5-7,9,12-13,17,19-20,25H,4,8,10-11,14-15H2,1-3H3. The molecule has 1 aromatic heterocycles. The average molecular weight is 426 g/mol. The van der Waals surface area contributed by atoms with E-state index < -0.39 is 15.1 Å². The highest BCUT2D eigenvalue weighted by Gasteiger charge is 2.45. The number of allylic oxidation sites excluding steroid dienone is 5. The molecule has 160 valence electrons. The third kappa shape index (κ3) is 3.07. The molecular weight excluding hydrogens is 394 g/mol. The predicted octanol–water partition coefficient (Wildman–Crippen LogP) is 1.94. The molecule has 4 aliphatic rings. The van der Waals surface area contributed by atoms with Crippen LogP contribution in [0.5, 0.6) is 0 Å². The molecule has 0 amide bonds. The van der Waals surface area contributed by atoms with Crippen LogP contribution in [0.3, 0.4) is 0 Å². The summed E-state index contributed by atoms with van der Waals surface area (Å²) < 4.78 is 29.1. The van der Waals surface area contributed by atoms with Crippen molar-refractivity contribution in [2.24, 2.45) is 11.8 Å². The van der Waals surface area contributed by atoms with Crippen molar-refractivity contribution in [3.63, 3.8) is 0 Å². The molecular formula is C24H31N3O2S. The number of hydrogen-bond acceptors (Lipinski definition) is 4. The molecule has 1 N–H and O–H groups in total. The Morgan fingerprint density at radius 2 is 2.10 bits per heavy atom. The minimum Gasteiger partial charge on any atom is -0.328 e. The third-order valence-electron chi connectivity index (χ3n) is 7.42. The Bertz CT molecular complexity index is 1200. The number of sulfone groups is 1. The number of rotatable bonds is 2. The van der Waals surface area contributed by atoms with Crippen LogP contribution in [0.4, 0.5) is 0 Å². The van der Waals surface area contributed by atoms with E-state index in [1.807, 2.05) is 25.2 Å². The van der Waals surface area contributed by atoms with E-state index in [-0.39, 0.29) is 5.41 Å². The predicted molar refractivity (Wildman–Crippen MR) is 121 cm³/mol. The van der Waals surface area contributed by atoms with Crippen LogP contribution in [0, 0.1) is 11.8 Å². The molecule has 0 aromatic carbocycles. The SMILES string of the molecule is CC1=CCC=CC(S(=O)(=O)C2C=c3nc4n(c3=CC2)CC2CCNCC2C4(C)C)=C1. The minimum absolute atomic E-state index is 0.0296. The van der Waals surface area contributed by atoms with Gasteiger partial charge in [0.25, 0.3) is 0 Å². The number of piperidine rings is 1. The number of nitrogens with zero attached hydrogens (tertiary/aromatic N) is 2. The summed E-state index contributed by atoms with van der Waals surface area (Å²) in [5.74, 6) is 2.33. The Labute approximate surface area is 178 Å². The summed E-state index contributed by atoms with van der Waals surface area (Å²) >= 11 is 0. The first kappa shape index (κ1) is 20.0. The van der Waals surface area contributed by atoms with Crippen LogP contribution in [0.15, 0.2) is 34.8 Å². The van der Waals surface area contributed by atoms with E-state index in [9.17, 15) is 8.42 Å². The van der Waals surface area contributed by atoms with Crippen molar-refractivity contribution < 1.29 is 8.42 Å². The maximum Gasteiger partial charge on any atom is 0.185 e. The van der Waals surface area contributed by atoms with Crippen molar-refractivity contribution in [3.8, 4) is 0 Å². The maximum absolute atomic E-state index is 13.4. The smallest absolute Gasteiger partial charge is 0.185 e. The van der Waals surface area contributed by atoms with Gasteiger partial charge in [0.15, 0.2) is 9.84 Å². The Hall–Kier alpha value is -1.92. The molecule has 2 aliphatic heterocycles. The molecule has 3 unspecified atom stereocenters. The molecule has 0 radical (unpaired) electrons. The molecule has 0 bridgehead atoms. The Kier molecular flexibility index (Phi) is 4.71. The number of aromatic nitrogens is 2. The zero-order valence-electron chi connectivity index (χ0n) is 18.1. The van der Waals surface area contributed by atoms with Gasteiger partial charge in [0.1, 0.15) is 5.82 Å². The van der Waals surface area contributed by atoms with Crippen molar-refractivity contribution in [1.29, 1.82) is 0 Å². The van der Waals surface area contributed by atoms with Crippen LogP contribution in [0.1, 0.15) is 45.9 Å². The van der Waals surface area contributed by atoms with Crippen molar-refractivity contribution >= 4 is 22.0 Å². The first-order valence-electron chi connectivity index (χ1n) is 11.1. The van der Waals surface area contributed by atoms with E-state index in [1.165, 1.54) is 6.42 Å². The molecule has 5 nitrogen and oxygen atoms in total. The summed E-state index contributed by atoms with van der Waals surface area (Å²) in [6, 6.07) is 0. The second-order valence-electron chi connectivity index (χ2n) is 9.72. The van der Waals surface area contributed by atoms with E-state index in [2.05, 4.69) is 29.8 Å². The Morgan fingerprint density at radius 3 is 2.93 bits per heavy atom. The molecule has 6 heteroatoms. The summed E-state index contributed by atoms with van der Waals surface area (Å²) in [6.07, 6.45) is 14.0. The zero-order valence-corrected chi connectivity index (χ0v) is 18.9. The topological polar surface area (TPSA) is 64.0 Å². The van der Waals surface area contributed by atoms with Gasteiger partial charge in [-0.15, -0.1) is 0 Å². The summed E-state index contributed by atoms with van der Waals surface area (Å²) in [6.45, 7) is 9.66. The highest BCUT2D eigenvalue weighted by molar-refractivity contribution is 7.96. The maximum atomic E-state index is 13.4. The molecule has 3 atom stereocenters. The quantitative estimate of drug-likeness (QED) is 0.787. The third-order valence-corrected chi connectivity index (χ3v) is 9.46. The van der Waals surface area contributed by atoms with Gasteiger partial charge in [0, 0.05) is 12.0 Å². The van der Waals surface area contributed by atoms with Gasteiger partial charge in [-0.1, -0.05) is 37.6 Å². The Balaban J connectivity index is 1.57. The van der Waals surface area contributed by atoms with Crippen LogP contribution in [-0.2, 0) is 21.8 Å². The van der Waals surface area contributed by atoms with E-state index in [4.69, 9.17) is 4.98 Å². The fourth-order valence-electron chi connectivity index (χ4n) is 5.68. The monoisotopic (exact) mass is 425 g/mol. The number of fused-ring (bicyclic) bond motifs is 4. The van der Waals surface area contributed by atoms with Crippen LogP contribution in [0.2, 0.25) is 0 Å². The van der Waals surface area contributed by atoms with E-state index in [0.29, 0.717) is 23.2 Å². The lowest BCUT2D eigenvalue weighted by Gasteiger charge is -2.46. The van der Waals surface area contributed by atoms with Crippen molar-refractivity contribution in [2.45, 2.75) is 57.2 Å². The average Bonchev–Trinajstić information content (AvgIpc) is 2.94. The summed E-state index contributed by atoms with van der Waals surface area (Å²) in [5.41, 5.74) is 0.965. The second-order valence-corrected chi connectivity index (χ2v) is 11.9. The van der Waals surface area contributed by atoms with Gasteiger partial charge < -0.3 is 9.88 Å². The summed E-state index contributed by atoms with van der Waals surface area (Å²) in [7, 11) is -3.45. The molecule has 5 rings (SSSR count). The first-order chi connectivity index (χ1) is 14.3. The molecule has 1 fully saturated rings. The van der Waals surface area contributed by atoms with Crippen LogP contribution < -0.4 is 16.0 Å². The highest BCUT2D eigenvalue weighted by atomic mass is 32.2. The fourth-order valence-corrected chi connectivity index (χ4v) is 7.33. The highest BCUT2D eigenvalue weighted by Crippen LogP contribution is 2.41. The van der Waals surface area contributed by atoms with Crippen molar-refractivity contribution in [3.05, 3.63) is 51.3 Å². The number of nitrogens with one attached hydrogen (secondary N) is 1. The molecule has 1 aromatic rings. The fraction of sp³-hybridized carbons (Fsp3) is 0.542. The molecule has 3 heterocycles. The number of hydrogen-bond donors (Lipinski definition) is 1.